The van der Waals surface area contributed by atoms with Crippen molar-refractivity contribution in [2.75, 3.05) is 0 Å². The van der Waals surface area contributed by atoms with Crippen LogP contribution in [-0.4, -0.2) is 9.13 Å². The summed E-state index contributed by atoms with van der Waals surface area (Å²) in [6, 6.07) is 28.6. The van der Waals surface area contributed by atoms with E-state index in [2.05, 4.69) is 36.9 Å². The van der Waals surface area contributed by atoms with Crippen LogP contribution in [0, 0.1) is 12.7 Å². The molecule has 0 atom stereocenters. The Kier molecular flexibility index (Phi) is 6.39. The van der Waals surface area contributed by atoms with Gasteiger partial charge >= 0.3 is 0 Å². The van der Waals surface area contributed by atoms with Gasteiger partial charge in [-0.3, -0.25) is 0 Å². The van der Waals surface area contributed by atoms with Gasteiger partial charge in [0.2, 0.25) is 12.7 Å². The quantitative estimate of drug-likeness (QED) is 0.165. The van der Waals surface area contributed by atoms with Crippen molar-refractivity contribution < 1.29 is 38.1 Å². The summed E-state index contributed by atoms with van der Waals surface area (Å²) in [6.07, 6.45) is 14.3. The van der Waals surface area contributed by atoms with E-state index in [0.29, 0.717) is 0 Å². The Balaban J connectivity index is 0.000000138. The second-order valence-corrected chi connectivity index (χ2v) is 9.26. The Morgan fingerprint density at radius 3 is 1.36 bits per heavy atom. The summed E-state index contributed by atoms with van der Waals surface area (Å²) in [5.41, 5.74) is 5.65. The number of aromatic nitrogens is 4. The predicted octanol–water partition coefficient (Wildman–Crippen LogP) is 6.00. The molecule has 4 heterocycles. The molecule has 8 rings (SSSR count). The second kappa shape index (κ2) is 10.0. The zero-order valence-corrected chi connectivity index (χ0v) is 23.7. The maximum Gasteiger partial charge on any atom is 0.243 e. The molecule has 0 N–H and O–H groups in total. The molecule has 4 aromatic carbocycles. The van der Waals surface area contributed by atoms with Crippen LogP contribution in [0.5, 0.6) is 0 Å². The molecule has 0 aliphatic rings. The van der Waals surface area contributed by atoms with E-state index in [9.17, 15) is 0 Å². The van der Waals surface area contributed by atoms with Gasteiger partial charge in [-0.15, -0.1) is 0 Å². The largest absolute Gasteiger partial charge is 0.462 e. The predicted molar refractivity (Wildman–Crippen MR) is 146 cm³/mol. The molecule has 0 unspecified atom stereocenters. The van der Waals surface area contributed by atoms with Gasteiger partial charge in [-0.1, -0.05) is 72.8 Å². The smallest absolute Gasteiger partial charge is 0.243 e. The van der Waals surface area contributed by atoms with Crippen molar-refractivity contribution in [3.63, 3.8) is 0 Å². The van der Waals surface area contributed by atoms with E-state index in [1.165, 1.54) is 0 Å². The molecule has 7 heteroatoms. The molecule has 0 saturated heterocycles. The van der Waals surface area contributed by atoms with Crippen LogP contribution in [0.3, 0.4) is 0 Å². The van der Waals surface area contributed by atoms with E-state index < -0.39 is 0 Å². The van der Waals surface area contributed by atoms with Crippen LogP contribution in [0.4, 0.5) is 0 Å². The van der Waals surface area contributed by atoms with Gasteiger partial charge in [0.25, 0.3) is 0 Å². The summed E-state index contributed by atoms with van der Waals surface area (Å²) in [5, 5.41) is 4.57. The minimum absolute atomic E-state index is 0. The van der Waals surface area contributed by atoms with Crippen molar-refractivity contribution in [3.8, 4) is 11.4 Å². The number of para-hydroxylation sites is 4. The molecule has 4 aromatic heterocycles. The van der Waals surface area contributed by atoms with Crippen molar-refractivity contribution in [1.29, 1.82) is 0 Å². The number of rotatable bonds is 2. The molecule has 0 aliphatic heterocycles. The van der Waals surface area contributed by atoms with Crippen LogP contribution in [0.2, 0.25) is 0 Å². The van der Waals surface area contributed by atoms with Crippen molar-refractivity contribution in [3.05, 3.63) is 122 Å². The molecule has 0 spiro atoms. The fourth-order valence-electron chi connectivity index (χ4n) is 4.92. The van der Waals surface area contributed by atoms with Gasteiger partial charge in [0, 0.05) is 66.4 Å². The monoisotopic (exact) mass is 689 g/mol. The van der Waals surface area contributed by atoms with Gasteiger partial charge in [-0.05, 0) is 12.1 Å². The summed E-state index contributed by atoms with van der Waals surface area (Å²) in [7, 11) is 3.91. The summed E-state index contributed by atoms with van der Waals surface area (Å²) < 4.78 is 19.7. The number of hydrogen-bond acceptors (Lipinski definition) is 2. The molecular weight excluding hydrogens is 665 g/mol. The van der Waals surface area contributed by atoms with Crippen molar-refractivity contribution in [2.45, 2.75) is 0 Å². The first-order valence-electron chi connectivity index (χ1n) is 12.4. The minimum Gasteiger partial charge on any atom is -0.462 e. The van der Waals surface area contributed by atoms with Gasteiger partial charge in [0.05, 0.1) is 25.5 Å². The molecule has 193 valence electrons. The fraction of sp³-hybridized carbons (Fsp3) is 0.0625. The van der Waals surface area contributed by atoms with E-state index in [4.69, 9.17) is 8.83 Å². The fourth-order valence-corrected chi connectivity index (χ4v) is 4.92. The van der Waals surface area contributed by atoms with Crippen LogP contribution < -0.4 is 9.13 Å². The number of nitrogens with zero attached hydrogens (tertiary/aromatic N) is 4. The van der Waals surface area contributed by atoms with E-state index in [1.807, 2.05) is 118 Å². The minimum atomic E-state index is 0. The van der Waals surface area contributed by atoms with Gasteiger partial charge in [-0.2, -0.15) is 0 Å². The molecular formula is C32H24IrN4O2. The summed E-state index contributed by atoms with van der Waals surface area (Å²) in [5.74, 6) is 0. The van der Waals surface area contributed by atoms with Crippen LogP contribution in [0.1, 0.15) is 0 Å². The number of benzene rings is 4. The molecule has 0 fully saturated rings. The molecule has 6 nitrogen and oxygen atoms in total. The van der Waals surface area contributed by atoms with Crippen LogP contribution in [0.25, 0.3) is 55.3 Å². The van der Waals surface area contributed by atoms with Gasteiger partial charge < -0.3 is 27.1 Å². The van der Waals surface area contributed by atoms with E-state index in [-0.39, 0.29) is 20.1 Å². The van der Waals surface area contributed by atoms with Gasteiger partial charge in [0.15, 0.2) is 0 Å². The Labute approximate surface area is 238 Å². The molecule has 0 aliphatic carbocycles. The molecule has 8 aromatic rings. The summed E-state index contributed by atoms with van der Waals surface area (Å²) in [6.45, 7) is 0. The van der Waals surface area contributed by atoms with Crippen molar-refractivity contribution >= 4 is 43.9 Å². The average molecular weight is 689 g/mol. The summed E-state index contributed by atoms with van der Waals surface area (Å²) >= 11 is 0. The first-order chi connectivity index (χ1) is 18.7. The zero-order chi connectivity index (χ0) is 25.6. The molecule has 0 amide bonds. The van der Waals surface area contributed by atoms with E-state index in [1.54, 1.807) is 0 Å². The van der Waals surface area contributed by atoms with E-state index in [0.717, 1.165) is 55.3 Å². The molecule has 0 bridgehead atoms. The molecule has 0 saturated carbocycles. The third-order valence-corrected chi connectivity index (χ3v) is 6.70. The van der Waals surface area contributed by atoms with Crippen LogP contribution in [-0.2, 0) is 34.2 Å². The topological polar surface area (TPSA) is 43.9 Å². The number of hydrogen-bond donors (Lipinski definition) is 0. The van der Waals surface area contributed by atoms with Crippen LogP contribution >= 0.6 is 0 Å². The second-order valence-electron chi connectivity index (χ2n) is 9.26. The zero-order valence-electron chi connectivity index (χ0n) is 21.3. The average Bonchev–Trinajstić information content (AvgIpc) is 3.73. The van der Waals surface area contributed by atoms with Crippen molar-refractivity contribution in [2.24, 2.45) is 14.1 Å². The Morgan fingerprint density at radius 1 is 0.538 bits per heavy atom. The third-order valence-electron chi connectivity index (χ3n) is 6.70. The van der Waals surface area contributed by atoms with Gasteiger partial charge in [0.1, 0.15) is 22.3 Å². The normalized spacial score (nSPS) is 11.1. The first kappa shape index (κ1) is 24.9. The van der Waals surface area contributed by atoms with Gasteiger partial charge in [-0.25, -0.2) is 0 Å². The number of fused-ring (bicyclic) bond motifs is 6. The summed E-state index contributed by atoms with van der Waals surface area (Å²) in [4.78, 5) is 0. The van der Waals surface area contributed by atoms with Crippen molar-refractivity contribution in [1.82, 2.24) is 9.13 Å². The number of imidazole rings is 2. The van der Waals surface area contributed by atoms with Crippen LogP contribution in [0.15, 0.2) is 119 Å². The third kappa shape index (κ3) is 4.36. The standard InChI is InChI=1S/2C16H12N2O.Ir/c2*1-17-9-10-18(11-17)14-7-4-6-13-12-5-2-3-8-15(12)19-16(13)14;/h2*2-10H,1H3;. The number of furan rings is 2. The maximum absolute atomic E-state index is 6.00. The Bertz CT molecular complexity index is 1930. The maximum atomic E-state index is 6.00. The van der Waals surface area contributed by atoms with E-state index >= 15 is 0 Å². The molecule has 1 radical (unpaired) electrons. The Morgan fingerprint density at radius 2 is 0.949 bits per heavy atom. The number of aryl methyl sites for hydroxylation is 2. The molecule has 39 heavy (non-hydrogen) atoms. The first-order valence-corrected chi connectivity index (χ1v) is 12.4. The Hall–Kier alpha value is -4.45. The SMILES string of the molecule is C[n+]1[c-]n(-c2cccc3c2oc2ccccc23)cc1.C[n+]1[c-]n(-c2cccc3c2oc2ccccc23)cc1.[Ir].